The van der Waals surface area contributed by atoms with E-state index in [4.69, 9.17) is 9.15 Å². The fourth-order valence-corrected chi connectivity index (χ4v) is 3.13. The van der Waals surface area contributed by atoms with E-state index < -0.39 is 0 Å². The van der Waals surface area contributed by atoms with Crippen LogP contribution in [0.3, 0.4) is 0 Å². The zero-order chi connectivity index (χ0) is 20.4. The van der Waals surface area contributed by atoms with Crippen molar-refractivity contribution in [3.63, 3.8) is 0 Å². The predicted octanol–water partition coefficient (Wildman–Crippen LogP) is 5.76. The molecule has 0 aliphatic carbocycles. The van der Waals surface area contributed by atoms with Gasteiger partial charge >= 0.3 is 0 Å². The molecule has 0 atom stereocenters. The van der Waals surface area contributed by atoms with Crippen molar-refractivity contribution in [3.8, 4) is 17.2 Å². The van der Waals surface area contributed by atoms with Crippen LogP contribution in [0.25, 0.3) is 22.6 Å². The molecular formula is C24H22N2O3. The molecule has 146 valence electrons. The van der Waals surface area contributed by atoms with E-state index in [0.717, 1.165) is 22.2 Å². The van der Waals surface area contributed by atoms with Gasteiger partial charge in [-0.1, -0.05) is 12.1 Å². The zero-order valence-electron chi connectivity index (χ0n) is 16.7. The molecule has 4 rings (SSSR count). The third-order valence-electron chi connectivity index (χ3n) is 4.78. The molecule has 5 heteroatoms. The smallest absolute Gasteiger partial charge is 0.255 e. The summed E-state index contributed by atoms with van der Waals surface area (Å²) in [5.74, 6) is 0.998. The monoisotopic (exact) mass is 386 g/mol. The second kappa shape index (κ2) is 7.80. The summed E-state index contributed by atoms with van der Waals surface area (Å²) in [6, 6.07) is 18.6. The molecule has 3 aromatic carbocycles. The number of carbonyl (C=O) groups excluding carboxylic acids is 1. The largest absolute Gasteiger partial charge is 0.494 e. The maximum absolute atomic E-state index is 12.6. The van der Waals surface area contributed by atoms with Crippen LogP contribution in [0.4, 0.5) is 5.69 Å². The Hall–Kier alpha value is -3.60. The summed E-state index contributed by atoms with van der Waals surface area (Å²) in [6.45, 7) is 6.57. The normalized spacial score (nSPS) is 10.9. The molecule has 1 heterocycles. The van der Waals surface area contributed by atoms with Gasteiger partial charge in [0.15, 0.2) is 5.58 Å². The first-order valence-electron chi connectivity index (χ1n) is 9.56. The summed E-state index contributed by atoms with van der Waals surface area (Å²) in [5, 5.41) is 2.93. The maximum Gasteiger partial charge on any atom is 0.255 e. The van der Waals surface area contributed by atoms with Gasteiger partial charge in [-0.25, -0.2) is 4.98 Å². The lowest BCUT2D eigenvalue weighted by atomic mass is 10.1. The van der Waals surface area contributed by atoms with E-state index in [1.165, 1.54) is 5.56 Å². The second-order valence-corrected chi connectivity index (χ2v) is 6.92. The fourth-order valence-electron chi connectivity index (χ4n) is 3.13. The quantitative estimate of drug-likeness (QED) is 0.473. The highest BCUT2D eigenvalue weighted by Crippen LogP contribution is 2.28. The highest BCUT2D eigenvalue weighted by molar-refractivity contribution is 6.04. The van der Waals surface area contributed by atoms with Crippen molar-refractivity contribution in [2.24, 2.45) is 0 Å². The van der Waals surface area contributed by atoms with Gasteiger partial charge in [-0.3, -0.25) is 4.79 Å². The molecule has 0 aliphatic heterocycles. The van der Waals surface area contributed by atoms with Crippen LogP contribution < -0.4 is 10.1 Å². The Balaban J connectivity index is 1.59. The van der Waals surface area contributed by atoms with Crippen molar-refractivity contribution in [3.05, 3.63) is 77.4 Å². The fraction of sp³-hybridized carbons (Fsp3) is 0.167. The van der Waals surface area contributed by atoms with Crippen molar-refractivity contribution in [1.82, 2.24) is 4.98 Å². The van der Waals surface area contributed by atoms with Gasteiger partial charge in [0.05, 0.1) is 6.61 Å². The van der Waals surface area contributed by atoms with Gasteiger partial charge in [0, 0.05) is 16.8 Å². The summed E-state index contributed by atoms with van der Waals surface area (Å²) < 4.78 is 11.4. The molecule has 5 nitrogen and oxygen atoms in total. The molecule has 0 radical (unpaired) electrons. The van der Waals surface area contributed by atoms with Crippen molar-refractivity contribution in [2.45, 2.75) is 20.8 Å². The number of rotatable bonds is 5. The molecule has 0 aliphatic rings. The van der Waals surface area contributed by atoms with Crippen LogP contribution in [0.5, 0.6) is 5.75 Å². The zero-order valence-corrected chi connectivity index (χ0v) is 16.7. The molecule has 4 aromatic rings. The van der Waals surface area contributed by atoms with Crippen LogP contribution >= 0.6 is 0 Å². The van der Waals surface area contributed by atoms with Gasteiger partial charge in [-0.2, -0.15) is 0 Å². The van der Waals surface area contributed by atoms with Gasteiger partial charge < -0.3 is 14.5 Å². The summed E-state index contributed by atoms with van der Waals surface area (Å²) in [6.07, 6.45) is 0. The highest BCUT2D eigenvalue weighted by Gasteiger charge is 2.12. The molecule has 29 heavy (non-hydrogen) atoms. The molecule has 1 N–H and O–H groups in total. The van der Waals surface area contributed by atoms with Gasteiger partial charge in [0.25, 0.3) is 5.91 Å². The topological polar surface area (TPSA) is 64.4 Å². The molecule has 0 bridgehead atoms. The molecule has 1 amide bonds. The Morgan fingerprint density at radius 2 is 1.83 bits per heavy atom. The van der Waals surface area contributed by atoms with Crippen LogP contribution in [-0.4, -0.2) is 17.5 Å². The Kier molecular flexibility index (Phi) is 5.04. The standard InChI is InChI=1S/C24H22N2O3/c1-4-28-20-10-6-7-17(14-20)23(27)25-19-9-5-8-18(13-19)24-26-21-11-15(2)16(3)12-22(21)29-24/h5-14H,4H2,1-3H3,(H,25,27). The number of ether oxygens (including phenoxy) is 1. The Morgan fingerprint density at radius 3 is 2.66 bits per heavy atom. The number of carbonyl (C=O) groups is 1. The number of amides is 1. The van der Waals surface area contributed by atoms with Gasteiger partial charge in [-0.05, 0) is 80.4 Å². The van der Waals surface area contributed by atoms with Crippen LogP contribution in [0.1, 0.15) is 28.4 Å². The Bertz CT molecular complexity index is 1150. The summed E-state index contributed by atoms with van der Waals surface area (Å²) in [7, 11) is 0. The average molecular weight is 386 g/mol. The minimum absolute atomic E-state index is 0.201. The van der Waals surface area contributed by atoms with Crippen molar-refractivity contribution < 1.29 is 13.9 Å². The van der Waals surface area contributed by atoms with Crippen LogP contribution in [-0.2, 0) is 0 Å². The maximum atomic E-state index is 12.6. The number of hydrogen-bond acceptors (Lipinski definition) is 4. The van der Waals surface area contributed by atoms with E-state index in [1.807, 2.05) is 56.3 Å². The Morgan fingerprint density at radius 1 is 1.03 bits per heavy atom. The number of hydrogen-bond donors (Lipinski definition) is 1. The van der Waals surface area contributed by atoms with E-state index >= 15 is 0 Å². The lowest BCUT2D eigenvalue weighted by Crippen LogP contribution is -2.12. The molecule has 0 unspecified atom stereocenters. The lowest BCUT2D eigenvalue weighted by Gasteiger charge is -2.08. The first-order valence-corrected chi connectivity index (χ1v) is 9.56. The van der Waals surface area contributed by atoms with E-state index in [9.17, 15) is 4.79 Å². The summed E-state index contributed by atoms with van der Waals surface area (Å²) >= 11 is 0. The number of nitrogens with zero attached hydrogens (tertiary/aromatic N) is 1. The molecule has 0 spiro atoms. The lowest BCUT2D eigenvalue weighted by molar-refractivity contribution is 0.102. The number of benzene rings is 3. The van der Waals surface area contributed by atoms with Crippen LogP contribution in [0.2, 0.25) is 0 Å². The van der Waals surface area contributed by atoms with Crippen LogP contribution in [0.15, 0.2) is 65.1 Å². The number of aromatic nitrogens is 1. The van der Waals surface area contributed by atoms with E-state index in [-0.39, 0.29) is 5.91 Å². The number of aryl methyl sites for hydroxylation is 2. The van der Waals surface area contributed by atoms with Crippen molar-refractivity contribution in [2.75, 3.05) is 11.9 Å². The van der Waals surface area contributed by atoms with E-state index in [0.29, 0.717) is 29.5 Å². The summed E-state index contributed by atoms with van der Waals surface area (Å²) in [5.41, 5.74) is 5.93. The minimum atomic E-state index is -0.201. The predicted molar refractivity (Wildman–Crippen MR) is 114 cm³/mol. The molecule has 1 aromatic heterocycles. The third kappa shape index (κ3) is 3.99. The molecule has 0 saturated heterocycles. The van der Waals surface area contributed by atoms with E-state index in [2.05, 4.69) is 17.2 Å². The van der Waals surface area contributed by atoms with Crippen molar-refractivity contribution >= 4 is 22.7 Å². The summed E-state index contributed by atoms with van der Waals surface area (Å²) in [4.78, 5) is 17.2. The molecule has 0 fully saturated rings. The number of oxazole rings is 1. The van der Waals surface area contributed by atoms with E-state index in [1.54, 1.807) is 18.2 Å². The minimum Gasteiger partial charge on any atom is -0.494 e. The third-order valence-corrected chi connectivity index (χ3v) is 4.78. The van der Waals surface area contributed by atoms with Gasteiger partial charge in [0.1, 0.15) is 11.3 Å². The van der Waals surface area contributed by atoms with Gasteiger partial charge in [-0.15, -0.1) is 0 Å². The number of anilines is 1. The average Bonchev–Trinajstić information content (AvgIpc) is 3.12. The highest BCUT2D eigenvalue weighted by atomic mass is 16.5. The molecule has 0 saturated carbocycles. The number of fused-ring (bicyclic) bond motifs is 1. The first-order chi connectivity index (χ1) is 14.0. The van der Waals surface area contributed by atoms with Crippen molar-refractivity contribution in [1.29, 1.82) is 0 Å². The van der Waals surface area contributed by atoms with Crippen LogP contribution in [0, 0.1) is 13.8 Å². The van der Waals surface area contributed by atoms with Gasteiger partial charge in [0.2, 0.25) is 5.89 Å². The number of nitrogens with one attached hydrogen (secondary N) is 1. The Labute approximate surface area is 169 Å². The first kappa shape index (κ1) is 18.7. The SMILES string of the molecule is CCOc1cccc(C(=O)Nc2cccc(-c3nc4cc(C)c(C)cc4o3)c2)c1. The second-order valence-electron chi connectivity index (χ2n) is 6.92. The molecular weight excluding hydrogens is 364 g/mol.